The zero-order valence-electron chi connectivity index (χ0n) is 9.75. The summed E-state index contributed by atoms with van der Waals surface area (Å²) in [5.41, 5.74) is 3.84. The number of phenolic OH excluding ortho intramolecular Hbond substituents is 1. The van der Waals surface area contributed by atoms with E-state index in [1.807, 2.05) is 0 Å². The molecule has 5 nitrogen and oxygen atoms in total. The van der Waals surface area contributed by atoms with Crippen molar-refractivity contribution in [1.29, 1.82) is 0 Å². The summed E-state index contributed by atoms with van der Waals surface area (Å²) in [4.78, 5) is 11.5. The molecule has 2 rings (SSSR count). The number of amides is 1. The van der Waals surface area contributed by atoms with Gasteiger partial charge >= 0.3 is 5.91 Å². The second-order valence-corrected chi connectivity index (χ2v) is 3.66. The van der Waals surface area contributed by atoms with Crippen molar-refractivity contribution in [3.05, 3.63) is 54.0 Å². The Bertz CT molecular complexity index is 556. The largest absolute Gasteiger partial charge is 0.508 e. The number of carbonyl (C=O) groups is 1. The van der Waals surface area contributed by atoms with Crippen LogP contribution in [0.5, 0.6) is 5.75 Å². The van der Waals surface area contributed by atoms with Gasteiger partial charge in [-0.2, -0.15) is 5.10 Å². The van der Waals surface area contributed by atoms with Crippen LogP contribution in [0.4, 0.5) is 0 Å². The number of hydrogen-bond acceptors (Lipinski definition) is 4. The van der Waals surface area contributed by atoms with Gasteiger partial charge < -0.3 is 9.52 Å². The summed E-state index contributed by atoms with van der Waals surface area (Å²) in [6, 6.07) is 9.73. The molecule has 2 N–H and O–H groups in total. The Hall–Kier alpha value is -2.56. The van der Waals surface area contributed by atoms with Crippen molar-refractivity contribution >= 4 is 11.6 Å². The van der Waals surface area contributed by atoms with Crippen molar-refractivity contribution in [2.24, 2.45) is 5.10 Å². The maximum Gasteiger partial charge on any atom is 0.307 e. The van der Waals surface area contributed by atoms with Crippen LogP contribution < -0.4 is 5.43 Å². The Morgan fingerprint density at radius 2 is 2.00 bits per heavy atom. The van der Waals surface area contributed by atoms with Crippen molar-refractivity contribution in [1.82, 2.24) is 5.43 Å². The molecule has 0 aliphatic rings. The van der Waals surface area contributed by atoms with E-state index < -0.39 is 5.91 Å². The molecule has 1 amide bonds. The molecule has 0 saturated heterocycles. The molecule has 0 atom stereocenters. The van der Waals surface area contributed by atoms with Gasteiger partial charge in [0.1, 0.15) is 5.75 Å². The highest BCUT2D eigenvalue weighted by molar-refractivity contribution is 6.00. The molecule has 0 bridgehead atoms. The monoisotopic (exact) mass is 244 g/mol. The summed E-state index contributed by atoms with van der Waals surface area (Å²) in [6.07, 6.45) is 1.42. The smallest absolute Gasteiger partial charge is 0.307 e. The molecule has 0 aliphatic carbocycles. The summed E-state index contributed by atoms with van der Waals surface area (Å²) in [5.74, 6) is -0.0124. The summed E-state index contributed by atoms with van der Waals surface area (Å²) in [6.45, 7) is 1.76. The quantitative estimate of drug-likeness (QED) is 0.641. The third kappa shape index (κ3) is 2.76. The molecule has 0 unspecified atom stereocenters. The van der Waals surface area contributed by atoms with Gasteiger partial charge in [0.05, 0.1) is 12.0 Å². The van der Waals surface area contributed by atoms with Crippen LogP contribution in [0.25, 0.3) is 0 Å². The fraction of sp³-hybridized carbons (Fsp3) is 0.0769. The highest BCUT2D eigenvalue weighted by Crippen LogP contribution is 2.10. The molecule has 0 radical (unpaired) electrons. The average Bonchev–Trinajstić information content (AvgIpc) is 2.90. The predicted molar refractivity (Wildman–Crippen MR) is 66.5 cm³/mol. The number of nitrogens with one attached hydrogen (secondary N) is 1. The Morgan fingerprint density at radius 3 is 2.61 bits per heavy atom. The third-order valence-electron chi connectivity index (χ3n) is 2.36. The van der Waals surface area contributed by atoms with Crippen molar-refractivity contribution in [3.63, 3.8) is 0 Å². The maximum atomic E-state index is 11.5. The van der Waals surface area contributed by atoms with Gasteiger partial charge in [-0.1, -0.05) is 0 Å². The van der Waals surface area contributed by atoms with Gasteiger partial charge in [0.2, 0.25) is 0 Å². The molecule has 1 aromatic heterocycles. The Kier molecular flexibility index (Phi) is 3.43. The number of hydrogen-bond donors (Lipinski definition) is 2. The summed E-state index contributed by atoms with van der Waals surface area (Å²) in [7, 11) is 0. The number of hydrazone groups is 1. The van der Waals surface area contributed by atoms with Gasteiger partial charge in [0, 0.05) is 0 Å². The standard InChI is InChI=1S/C13H12N2O3/c1-9(10-4-6-11(16)7-5-10)14-15-13(17)12-3-2-8-18-12/h2-8,16H,1H3,(H,15,17). The highest BCUT2D eigenvalue weighted by atomic mass is 16.3. The molecule has 18 heavy (non-hydrogen) atoms. The first-order chi connectivity index (χ1) is 8.66. The minimum Gasteiger partial charge on any atom is -0.508 e. The fourth-order valence-electron chi connectivity index (χ4n) is 1.36. The number of phenols is 1. The first kappa shape index (κ1) is 11.9. The minimum atomic E-state index is -0.405. The van der Waals surface area contributed by atoms with Gasteiger partial charge in [-0.25, -0.2) is 5.43 Å². The lowest BCUT2D eigenvalue weighted by molar-refractivity contribution is 0.0927. The molecule has 2 aromatic rings. The van der Waals surface area contributed by atoms with Crippen LogP contribution in [0.1, 0.15) is 23.0 Å². The van der Waals surface area contributed by atoms with E-state index in [2.05, 4.69) is 10.5 Å². The van der Waals surface area contributed by atoms with Crippen LogP contribution in [0.3, 0.4) is 0 Å². The number of rotatable bonds is 3. The van der Waals surface area contributed by atoms with E-state index in [-0.39, 0.29) is 11.5 Å². The van der Waals surface area contributed by atoms with Crippen molar-refractivity contribution in [2.45, 2.75) is 6.92 Å². The molecular formula is C13H12N2O3. The molecule has 1 aromatic carbocycles. The van der Waals surface area contributed by atoms with Crippen molar-refractivity contribution in [2.75, 3.05) is 0 Å². The number of aromatic hydroxyl groups is 1. The minimum absolute atomic E-state index is 0.186. The molecule has 92 valence electrons. The van der Waals surface area contributed by atoms with Crippen LogP contribution >= 0.6 is 0 Å². The van der Waals surface area contributed by atoms with Crippen LogP contribution in [-0.2, 0) is 0 Å². The molecule has 0 spiro atoms. The van der Waals surface area contributed by atoms with Gasteiger partial charge in [-0.05, 0) is 48.9 Å². The third-order valence-corrected chi connectivity index (χ3v) is 2.36. The molecule has 0 fully saturated rings. The molecule has 0 saturated carbocycles. The van der Waals surface area contributed by atoms with Gasteiger partial charge in [-0.3, -0.25) is 4.79 Å². The van der Waals surface area contributed by atoms with Crippen molar-refractivity contribution in [3.8, 4) is 5.75 Å². The lowest BCUT2D eigenvalue weighted by Gasteiger charge is -2.01. The van der Waals surface area contributed by atoms with E-state index in [9.17, 15) is 4.79 Å². The fourth-order valence-corrected chi connectivity index (χ4v) is 1.36. The highest BCUT2D eigenvalue weighted by Gasteiger charge is 2.07. The zero-order valence-corrected chi connectivity index (χ0v) is 9.75. The van der Waals surface area contributed by atoms with Crippen LogP contribution in [-0.4, -0.2) is 16.7 Å². The topological polar surface area (TPSA) is 74.8 Å². The average molecular weight is 244 g/mol. The predicted octanol–water partition coefficient (Wildman–Crippen LogP) is 2.14. The second kappa shape index (κ2) is 5.18. The van der Waals surface area contributed by atoms with E-state index in [0.717, 1.165) is 5.56 Å². The first-order valence-electron chi connectivity index (χ1n) is 5.34. The normalized spacial score (nSPS) is 11.3. The number of nitrogens with zero attached hydrogens (tertiary/aromatic N) is 1. The number of benzene rings is 1. The van der Waals surface area contributed by atoms with E-state index in [1.165, 1.54) is 6.26 Å². The SMILES string of the molecule is CC(=NNC(=O)c1ccco1)c1ccc(O)cc1. The van der Waals surface area contributed by atoms with Gasteiger partial charge in [0.25, 0.3) is 0 Å². The summed E-state index contributed by atoms with van der Waals surface area (Å²) >= 11 is 0. The number of furan rings is 1. The lowest BCUT2D eigenvalue weighted by atomic mass is 10.1. The Balaban J connectivity index is 2.05. The second-order valence-electron chi connectivity index (χ2n) is 3.66. The van der Waals surface area contributed by atoms with E-state index in [4.69, 9.17) is 9.52 Å². The van der Waals surface area contributed by atoms with Crippen molar-refractivity contribution < 1.29 is 14.3 Å². The maximum absolute atomic E-state index is 11.5. The zero-order chi connectivity index (χ0) is 13.0. The van der Waals surface area contributed by atoms with E-state index >= 15 is 0 Å². The Labute approximate surface area is 104 Å². The summed E-state index contributed by atoms with van der Waals surface area (Å²) in [5, 5.41) is 13.1. The van der Waals surface area contributed by atoms with Crippen LogP contribution in [0, 0.1) is 0 Å². The van der Waals surface area contributed by atoms with Crippen LogP contribution in [0.15, 0.2) is 52.2 Å². The van der Waals surface area contributed by atoms with Gasteiger partial charge in [-0.15, -0.1) is 0 Å². The molecular weight excluding hydrogens is 232 g/mol. The van der Waals surface area contributed by atoms with Gasteiger partial charge in [0.15, 0.2) is 5.76 Å². The number of carbonyl (C=O) groups excluding carboxylic acids is 1. The lowest BCUT2D eigenvalue weighted by Crippen LogP contribution is -2.18. The first-order valence-corrected chi connectivity index (χ1v) is 5.34. The van der Waals surface area contributed by atoms with Crippen LogP contribution in [0.2, 0.25) is 0 Å². The molecule has 5 heteroatoms. The summed E-state index contributed by atoms with van der Waals surface area (Å²) < 4.78 is 4.93. The molecule has 1 heterocycles. The Morgan fingerprint density at radius 1 is 1.28 bits per heavy atom. The molecule has 0 aliphatic heterocycles. The van der Waals surface area contributed by atoms with E-state index in [1.54, 1.807) is 43.3 Å². The van der Waals surface area contributed by atoms with E-state index in [0.29, 0.717) is 5.71 Å².